The average Bonchev–Trinajstić information content (AvgIpc) is 3.85. The number of rotatable bonds is 2. The van der Waals surface area contributed by atoms with Crippen LogP contribution in [0.15, 0.2) is 188 Å². The molecule has 1 heterocycles. The smallest absolute Gasteiger partial charge is 0.0731 e. The second-order valence-electron chi connectivity index (χ2n) is 15.1. The highest BCUT2D eigenvalue weighted by molar-refractivity contribution is 6.32. The van der Waals surface area contributed by atoms with E-state index in [4.69, 9.17) is 0 Å². The molecule has 0 fully saturated rings. The summed E-state index contributed by atoms with van der Waals surface area (Å²) >= 11 is 0. The van der Waals surface area contributed by atoms with E-state index in [0.29, 0.717) is 0 Å². The highest BCUT2D eigenvalue weighted by Crippen LogP contribution is 2.66. The Hall–Kier alpha value is -6.96. The predicted octanol–water partition coefficient (Wildman–Crippen LogP) is 13.7. The molecule has 0 N–H and O–H groups in total. The predicted molar refractivity (Wildman–Crippen MR) is 226 cm³/mol. The number of hydrogen-bond donors (Lipinski definition) is 0. The van der Waals surface area contributed by atoms with Crippen LogP contribution in [0.1, 0.15) is 22.3 Å². The van der Waals surface area contributed by atoms with E-state index in [9.17, 15) is 0 Å². The molecule has 1 spiro atoms. The number of hydrogen-bond acceptors (Lipinski definition) is 0. The van der Waals surface area contributed by atoms with Crippen molar-refractivity contribution >= 4 is 54.1 Å². The molecule has 0 unspecified atom stereocenters. The van der Waals surface area contributed by atoms with Crippen molar-refractivity contribution < 1.29 is 0 Å². The van der Waals surface area contributed by atoms with Gasteiger partial charge in [-0.1, -0.05) is 152 Å². The summed E-state index contributed by atoms with van der Waals surface area (Å²) in [5.74, 6) is 0. The van der Waals surface area contributed by atoms with Crippen molar-refractivity contribution in [2.45, 2.75) is 5.41 Å². The highest BCUT2D eigenvalue weighted by Gasteiger charge is 2.53. The van der Waals surface area contributed by atoms with Crippen LogP contribution in [0.2, 0.25) is 0 Å². The first-order valence-corrected chi connectivity index (χ1v) is 18.9. The minimum absolute atomic E-state index is 0.415. The molecule has 11 aromatic rings. The van der Waals surface area contributed by atoms with Gasteiger partial charge in [0.15, 0.2) is 0 Å². The molecule has 10 aromatic carbocycles. The Morgan fingerprint density at radius 3 is 1.74 bits per heavy atom. The quantitative estimate of drug-likeness (QED) is 0.160. The Kier molecular flexibility index (Phi) is 5.36. The van der Waals surface area contributed by atoms with Gasteiger partial charge in [-0.25, -0.2) is 0 Å². The molecule has 0 bridgehead atoms. The van der Waals surface area contributed by atoms with Crippen LogP contribution in [0.3, 0.4) is 0 Å². The molecule has 0 amide bonds. The van der Waals surface area contributed by atoms with Gasteiger partial charge < -0.3 is 4.57 Å². The van der Waals surface area contributed by atoms with E-state index >= 15 is 0 Å². The maximum Gasteiger partial charge on any atom is 0.0731 e. The maximum absolute atomic E-state index is 2.45. The first-order valence-electron chi connectivity index (χ1n) is 18.9. The van der Waals surface area contributed by atoms with E-state index in [1.807, 2.05) is 0 Å². The molecule has 0 atom stereocenters. The van der Waals surface area contributed by atoms with Gasteiger partial charge in [0.25, 0.3) is 0 Å². The topological polar surface area (TPSA) is 4.93 Å². The summed E-state index contributed by atoms with van der Waals surface area (Å²) in [6.45, 7) is 0. The minimum Gasteiger partial charge on any atom is -0.309 e. The van der Waals surface area contributed by atoms with E-state index in [2.05, 4.69) is 193 Å². The summed E-state index contributed by atoms with van der Waals surface area (Å²) in [7, 11) is 0. The van der Waals surface area contributed by atoms with Crippen LogP contribution in [0.5, 0.6) is 0 Å². The number of benzene rings is 10. The highest BCUT2D eigenvalue weighted by atomic mass is 15.0. The fourth-order valence-electron chi connectivity index (χ4n) is 10.8. The summed E-state index contributed by atoms with van der Waals surface area (Å²) in [6.07, 6.45) is 0. The zero-order valence-corrected chi connectivity index (χ0v) is 29.3. The lowest BCUT2D eigenvalue weighted by Gasteiger charge is -2.32. The molecule has 0 saturated carbocycles. The molecule has 1 aromatic heterocycles. The summed E-state index contributed by atoms with van der Waals surface area (Å²) in [5, 5.41) is 10.5. The van der Waals surface area contributed by atoms with Crippen molar-refractivity contribution in [2.75, 3.05) is 0 Å². The summed E-state index contributed by atoms with van der Waals surface area (Å²) < 4.78 is 2.40. The van der Waals surface area contributed by atoms with Gasteiger partial charge in [0.2, 0.25) is 0 Å². The standard InChI is InChI=1S/C53H31N/c1-2-15-34(16-3-1)54-47-27-11-7-19-37(47)43-30-32(28-29-48(43)54)42-31-33-14-12-22-40-49(33)50-38(42)21-13-23-41(50)52-51(40)39-20-6-10-26-46(39)53(52)44-24-8-4-17-35(44)36-18-5-9-25-45(36)53/h1-31H. The summed E-state index contributed by atoms with van der Waals surface area (Å²) in [6, 6.07) is 70.6. The van der Waals surface area contributed by atoms with E-state index in [-0.39, 0.29) is 0 Å². The molecular formula is C53H31N. The Morgan fingerprint density at radius 2 is 0.944 bits per heavy atom. The van der Waals surface area contributed by atoms with Crippen LogP contribution >= 0.6 is 0 Å². The van der Waals surface area contributed by atoms with Gasteiger partial charge >= 0.3 is 0 Å². The third kappa shape index (κ3) is 3.33. The lowest BCUT2D eigenvalue weighted by atomic mass is 9.68. The third-order valence-electron chi connectivity index (χ3n) is 12.7. The van der Waals surface area contributed by atoms with Crippen molar-refractivity contribution in [3.63, 3.8) is 0 Å². The normalized spacial score (nSPS) is 13.7. The molecule has 13 rings (SSSR count). The lowest BCUT2D eigenvalue weighted by Crippen LogP contribution is -2.26. The Labute approximate surface area is 312 Å². The van der Waals surface area contributed by atoms with Crippen LogP contribution in [0.25, 0.3) is 93.2 Å². The van der Waals surface area contributed by atoms with Crippen molar-refractivity contribution in [1.82, 2.24) is 4.57 Å². The first-order chi connectivity index (χ1) is 26.8. The molecule has 54 heavy (non-hydrogen) atoms. The van der Waals surface area contributed by atoms with Crippen molar-refractivity contribution in [3.8, 4) is 39.1 Å². The molecule has 0 aliphatic heterocycles. The van der Waals surface area contributed by atoms with Crippen molar-refractivity contribution in [1.29, 1.82) is 0 Å². The SMILES string of the molecule is c1ccc(-n2c3ccccc3c3cc(-c4cc5cccc6c7c(c8cccc4c8c56)C4(c5ccccc5-c5ccccc54)c4ccccc4-7)ccc32)cc1. The molecule has 2 aliphatic rings. The van der Waals surface area contributed by atoms with Crippen LogP contribution in [-0.4, -0.2) is 4.57 Å². The summed E-state index contributed by atoms with van der Waals surface area (Å²) in [4.78, 5) is 0. The molecule has 248 valence electrons. The van der Waals surface area contributed by atoms with Crippen LogP contribution in [0.4, 0.5) is 0 Å². The van der Waals surface area contributed by atoms with Crippen molar-refractivity contribution in [2.24, 2.45) is 0 Å². The Morgan fingerprint density at radius 1 is 0.352 bits per heavy atom. The molecular weight excluding hydrogens is 651 g/mol. The zero-order chi connectivity index (χ0) is 35.1. The van der Waals surface area contributed by atoms with Crippen LogP contribution < -0.4 is 0 Å². The Bertz CT molecular complexity index is 3330. The van der Waals surface area contributed by atoms with E-state index < -0.39 is 5.41 Å². The van der Waals surface area contributed by atoms with E-state index in [1.54, 1.807) is 0 Å². The van der Waals surface area contributed by atoms with Crippen molar-refractivity contribution in [3.05, 3.63) is 210 Å². The first kappa shape index (κ1) is 28.6. The average molecular weight is 682 g/mol. The summed E-state index contributed by atoms with van der Waals surface area (Å²) in [5.41, 5.74) is 16.7. The molecule has 1 heteroatoms. The largest absolute Gasteiger partial charge is 0.309 e. The third-order valence-corrected chi connectivity index (χ3v) is 12.7. The number of nitrogens with zero attached hydrogens (tertiary/aromatic N) is 1. The number of aromatic nitrogens is 1. The van der Waals surface area contributed by atoms with E-state index in [0.717, 1.165) is 0 Å². The van der Waals surface area contributed by atoms with Gasteiger partial charge in [-0.3, -0.25) is 0 Å². The molecule has 0 saturated heterocycles. The number of para-hydroxylation sites is 2. The van der Waals surface area contributed by atoms with Gasteiger partial charge in [0.1, 0.15) is 0 Å². The fourth-order valence-corrected chi connectivity index (χ4v) is 10.8. The van der Waals surface area contributed by atoms with Gasteiger partial charge in [0.05, 0.1) is 16.4 Å². The monoisotopic (exact) mass is 681 g/mol. The van der Waals surface area contributed by atoms with Gasteiger partial charge in [-0.15, -0.1) is 0 Å². The maximum atomic E-state index is 2.45. The second-order valence-corrected chi connectivity index (χ2v) is 15.1. The lowest BCUT2D eigenvalue weighted by molar-refractivity contribution is 0.802. The van der Waals surface area contributed by atoms with Gasteiger partial charge in [-0.2, -0.15) is 0 Å². The van der Waals surface area contributed by atoms with E-state index in [1.165, 1.54) is 115 Å². The number of fused-ring (bicyclic) bond motifs is 15. The van der Waals surface area contributed by atoms with Crippen LogP contribution in [-0.2, 0) is 5.41 Å². The molecule has 2 aliphatic carbocycles. The van der Waals surface area contributed by atoms with Gasteiger partial charge in [0, 0.05) is 16.5 Å². The Balaban J connectivity index is 1.17. The van der Waals surface area contributed by atoms with Crippen LogP contribution in [0, 0.1) is 0 Å². The second kappa shape index (κ2) is 10.1. The molecule has 1 nitrogen and oxygen atoms in total. The molecule has 0 radical (unpaired) electrons. The zero-order valence-electron chi connectivity index (χ0n) is 29.3. The fraction of sp³-hybridized carbons (Fsp3) is 0.0189. The van der Waals surface area contributed by atoms with Gasteiger partial charge in [-0.05, 0) is 124 Å². The minimum atomic E-state index is -0.415.